The number of carbonyl (C=O) groups excluding carboxylic acids is 1. The van der Waals surface area contributed by atoms with E-state index in [0.717, 1.165) is 28.7 Å². The van der Waals surface area contributed by atoms with Gasteiger partial charge in [-0.2, -0.15) is 0 Å². The maximum Gasteiger partial charge on any atom is 0.240 e. The second-order valence-electron chi connectivity index (χ2n) is 6.06. The van der Waals surface area contributed by atoms with Crippen molar-refractivity contribution in [3.05, 3.63) is 66.2 Å². The summed E-state index contributed by atoms with van der Waals surface area (Å²) < 4.78 is 2.05. The van der Waals surface area contributed by atoms with Crippen LogP contribution >= 0.6 is 11.8 Å². The van der Waals surface area contributed by atoms with Gasteiger partial charge < -0.3 is 9.47 Å². The molecule has 0 spiro atoms. The monoisotopic (exact) mass is 366 g/mol. The molecule has 0 saturated heterocycles. The Kier molecular flexibility index (Phi) is 5.73. The summed E-state index contributed by atoms with van der Waals surface area (Å²) in [4.78, 5) is 14.4. The molecule has 0 saturated carbocycles. The quantitative estimate of drug-likeness (QED) is 0.621. The molecule has 3 aromatic rings. The topological polar surface area (TPSA) is 51.0 Å². The van der Waals surface area contributed by atoms with E-state index in [9.17, 15) is 4.79 Å². The molecule has 0 aliphatic carbocycles. The smallest absolute Gasteiger partial charge is 0.240 e. The van der Waals surface area contributed by atoms with E-state index in [4.69, 9.17) is 0 Å². The molecule has 0 radical (unpaired) electrons. The van der Waals surface area contributed by atoms with Crippen molar-refractivity contribution in [1.82, 2.24) is 19.7 Å². The minimum atomic E-state index is -0.357. The SMILES string of the molecule is CCn1c(S[C@@H](C(=O)N(C)C)c2ccccc2)nnc1-c1ccccc1. The summed E-state index contributed by atoms with van der Waals surface area (Å²) in [6.45, 7) is 2.79. The van der Waals surface area contributed by atoms with Crippen LogP contribution in [-0.2, 0) is 11.3 Å². The zero-order valence-corrected chi connectivity index (χ0v) is 16.0. The highest BCUT2D eigenvalue weighted by molar-refractivity contribution is 8.00. The van der Waals surface area contributed by atoms with Gasteiger partial charge in [-0.15, -0.1) is 10.2 Å². The van der Waals surface area contributed by atoms with Crippen LogP contribution in [0.1, 0.15) is 17.7 Å². The number of carbonyl (C=O) groups is 1. The van der Waals surface area contributed by atoms with Crippen molar-refractivity contribution in [2.24, 2.45) is 0 Å². The Morgan fingerprint density at radius 3 is 2.23 bits per heavy atom. The first-order valence-electron chi connectivity index (χ1n) is 8.53. The van der Waals surface area contributed by atoms with Crippen LogP contribution in [0, 0.1) is 0 Å². The number of hydrogen-bond donors (Lipinski definition) is 0. The lowest BCUT2D eigenvalue weighted by Gasteiger charge is -2.20. The fraction of sp³-hybridized carbons (Fsp3) is 0.250. The third-order valence-electron chi connectivity index (χ3n) is 4.06. The van der Waals surface area contributed by atoms with Gasteiger partial charge in [0.25, 0.3) is 0 Å². The lowest BCUT2D eigenvalue weighted by Crippen LogP contribution is -2.27. The van der Waals surface area contributed by atoms with Crippen LogP contribution in [0.4, 0.5) is 0 Å². The Labute approximate surface area is 158 Å². The third kappa shape index (κ3) is 3.80. The third-order valence-corrected chi connectivity index (χ3v) is 5.28. The van der Waals surface area contributed by atoms with Crippen LogP contribution in [0.2, 0.25) is 0 Å². The fourth-order valence-corrected chi connectivity index (χ4v) is 3.94. The van der Waals surface area contributed by atoms with Gasteiger partial charge in [-0.25, -0.2) is 0 Å². The largest absolute Gasteiger partial charge is 0.348 e. The molecular formula is C20H22N4OS. The molecule has 6 heteroatoms. The maximum atomic E-state index is 12.8. The van der Waals surface area contributed by atoms with Gasteiger partial charge in [-0.1, -0.05) is 72.4 Å². The molecular weight excluding hydrogens is 344 g/mol. The molecule has 0 fully saturated rings. The second kappa shape index (κ2) is 8.19. The van der Waals surface area contributed by atoms with E-state index in [-0.39, 0.29) is 11.2 Å². The van der Waals surface area contributed by atoms with Crippen molar-refractivity contribution in [2.75, 3.05) is 14.1 Å². The summed E-state index contributed by atoms with van der Waals surface area (Å²) in [5, 5.41) is 9.14. The molecule has 2 aromatic carbocycles. The summed E-state index contributed by atoms with van der Waals surface area (Å²) in [6.07, 6.45) is 0. The average Bonchev–Trinajstić information content (AvgIpc) is 3.09. The van der Waals surface area contributed by atoms with Gasteiger partial charge in [0.2, 0.25) is 5.91 Å². The van der Waals surface area contributed by atoms with Crippen molar-refractivity contribution in [3.63, 3.8) is 0 Å². The van der Waals surface area contributed by atoms with Crippen molar-refractivity contribution >= 4 is 17.7 Å². The molecule has 0 aliphatic rings. The highest BCUT2D eigenvalue weighted by Crippen LogP contribution is 2.36. The van der Waals surface area contributed by atoms with Gasteiger partial charge in [0.05, 0.1) is 0 Å². The number of thioether (sulfide) groups is 1. The van der Waals surface area contributed by atoms with Crippen LogP contribution in [0.3, 0.4) is 0 Å². The lowest BCUT2D eigenvalue weighted by atomic mass is 10.1. The first kappa shape index (κ1) is 18.2. The van der Waals surface area contributed by atoms with Gasteiger partial charge >= 0.3 is 0 Å². The molecule has 3 rings (SSSR count). The van der Waals surface area contributed by atoms with Crippen molar-refractivity contribution in [2.45, 2.75) is 23.9 Å². The van der Waals surface area contributed by atoms with Crippen molar-refractivity contribution in [3.8, 4) is 11.4 Å². The molecule has 1 amide bonds. The Bertz CT molecular complexity index is 862. The van der Waals surface area contributed by atoms with E-state index in [1.165, 1.54) is 11.8 Å². The summed E-state index contributed by atoms with van der Waals surface area (Å²) in [6, 6.07) is 19.8. The number of rotatable bonds is 6. The molecule has 1 heterocycles. The van der Waals surface area contributed by atoms with Crippen LogP contribution < -0.4 is 0 Å². The number of benzene rings is 2. The zero-order valence-electron chi connectivity index (χ0n) is 15.2. The highest BCUT2D eigenvalue weighted by Gasteiger charge is 2.26. The van der Waals surface area contributed by atoms with Crippen LogP contribution in [0.5, 0.6) is 0 Å². The maximum absolute atomic E-state index is 12.8. The highest BCUT2D eigenvalue weighted by atomic mass is 32.2. The predicted octanol–water partition coefficient (Wildman–Crippen LogP) is 3.89. The van der Waals surface area contributed by atoms with Gasteiger partial charge in [0.1, 0.15) is 5.25 Å². The van der Waals surface area contributed by atoms with Crippen LogP contribution in [0.15, 0.2) is 65.8 Å². The van der Waals surface area contributed by atoms with Crippen LogP contribution in [0.25, 0.3) is 11.4 Å². The van der Waals surface area contributed by atoms with E-state index in [1.54, 1.807) is 19.0 Å². The van der Waals surface area contributed by atoms with E-state index < -0.39 is 0 Å². The van der Waals surface area contributed by atoms with Gasteiger partial charge in [-0.3, -0.25) is 4.79 Å². The number of amides is 1. The molecule has 134 valence electrons. The summed E-state index contributed by atoms with van der Waals surface area (Å²) >= 11 is 1.44. The van der Waals surface area contributed by atoms with E-state index in [2.05, 4.69) is 21.7 Å². The number of aromatic nitrogens is 3. The first-order chi connectivity index (χ1) is 12.6. The fourth-order valence-electron chi connectivity index (χ4n) is 2.69. The Morgan fingerprint density at radius 1 is 1.04 bits per heavy atom. The molecule has 1 atom stereocenters. The summed E-state index contributed by atoms with van der Waals surface area (Å²) in [7, 11) is 3.55. The normalized spacial score (nSPS) is 12.0. The standard InChI is InChI=1S/C20H22N4OS/c1-4-24-18(16-13-9-6-10-14-16)21-22-20(24)26-17(19(25)23(2)3)15-11-7-5-8-12-15/h5-14,17H,4H2,1-3H3/t17-/m1/s1. The minimum Gasteiger partial charge on any atom is -0.348 e. The molecule has 0 N–H and O–H groups in total. The minimum absolute atomic E-state index is 0.0353. The Morgan fingerprint density at radius 2 is 1.65 bits per heavy atom. The summed E-state index contributed by atoms with van der Waals surface area (Å²) in [5.41, 5.74) is 1.98. The predicted molar refractivity (Wildman–Crippen MR) is 105 cm³/mol. The molecule has 0 bridgehead atoms. The molecule has 5 nitrogen and oxygen atoms in total. The van der Waals surface area contributed by atoms with Crippen molar-refractivity contribution in [1.29, 1.82) is 0 Å². The van der Waals surface area contributed by atoms with E-state index in [1.807, 2.05) is 60.7 Å². The van der Waals surface area contributed by atoms with E-state index >= 15 is 0 Å². The lowest BCUT2D eigenvalue weighted by molar-refractivity contribution is -0.128. The molecule has 26 heavy (non-hydrogen) atoms. The zero-order chi connectivity index (χ0) is 18.5. The van der Waals surface area contributed by atoms with E-state index in [0.29, 0.717) is 0 Å². The Balaban J connectivity index is 1.97. The number of likely N-dealkylation sites (N-methyl/N-ethyl adjacent to an activating group) is 1. The number of hydrogen-bond acceptors (Lipinski definition) is 4. The van der Waals surface area contributed by atoms with Gasteiger partial charge in [0.15, 0.2) is 11.0 Å². The molecule has 0 aliphatic heterocycles. The average molecular weight is 366 g/mol. The molecule has 1 aromatic heterocycles. The number of nitrogens with zero attached hydrogens (tertiary/aromatic N) is 4. The first-order valence-corrected chi connectivity index (χ1v) is 9.41. The van der Waals surface area contributed by atoms with Gasteiger partial charge in [0, 0.05) is 26.2 Å². The van der Waals surface area contributed by atoms with Crippen LogP contribution in [-0.4, -0.2) is 39.7 Å². The second-order valence-corrected chi connectivity index (χ2v) is 7.13. The summed E-state index contributed by atoms with van der Waals surface area (Å²) in [5.74, 6) is 0.854. The molecule has 0 unspecified atom stereocenters. The van der Waals surface area contributed by atoms with Gasteiger partial charge in [-0.05, 0) is 12.5 Å². The Hall–Kier alpha value is -2.60. The van der Waals surface area contributed by atoms with Crippen molar-refractivity contribution < 1.29 is 4.79 Å².